The molecule has 1 N–H and O–H groups in total. The van der Waals surface area contributed by atoms with E-state index >= 15 is 0 Å². The summed E-state index contributed by atoms with van der Waals surface area (Å²) in [4.78, 5) is 10.9. The van der Waals surface area contributed by atoms with Gasteiger partial charge in [0.1, 0.15) is 5.76 Å². The minimum Gasteiger partial charge on any atom is -0.478 e. The van der Waals surface area contributed by atoms with Crippen LogP contribution in [0, 0.1) is 11.3 Å². The third-order valence-electron chi connectivity index (χ3n) is 3.10. The molecule has 23 heavy (non-hydrogen) atoms. The number of carboxylic acid groups (broad SMARTS) is 1. The lowest BCUT2D eigenvalue weighted by Crippen LogP contribution is -2.31. The van der Waals surface area contributed by atoms with Crippen molar-refractivity contribution < 1.29 is 22.7 Å². The smallest absolute Gasteiger partial charge is 0.335 e. The van der Waals surface area contributed by atoms with Crippen molar-refractivity contribution in [2.45, 2.75) is 17.9 Å². The van der Waals surface area contributed by atoms with Crippen LogP contribution in [-0.4, -0.2) is 30.3 Å². The van der Waals surface area contributed by atoms with Gasteiger partial charge in [-0.3, -0.25) is 0 Å². The molecule has 0 saturated heterocycles. The molecule has 7 nitrogen and oxygen atoms in total. The van der Waals surface area contributed by atoms with Gasteiger partial charge in [-0.2, -0.15) is 9.57 Å². The third kappa shape index (κ3) is 3.97. The number of sulfonamides is 1. The Morgan fingerprint density at radius 3 is 2.70 bits per heavy atom. The van der Waals surface area contributed by atoms with E-state index < -0.39 is 16.0 Å². The number of furan rings is 1. The van der Waals surface area contributed by atoms with Crippen molar-refractivity contribution in [3.8, 4) is 6.07 Å². The maximum atomic E-state index is 12.7. The summed E-state index contributed by atoms with van der Waals surface area (Å²) in [7, 11) is -3.95. The van der Waals surface area contributed by atoms with E-state index in [1.165, 1.54) is 24.5 Å². The van der Waals surface area contributed by atoms with E-state index in [4.69, 9.17) is 14.8 Å². The Kier molecular flexibility index (Phi) is 5.16. The molecular weight excluding hydrogens is 320 g/mol. The summed E-state index contributed by atoms with van der Waals surface area (Å²) in [6, 6.07) is 10.3. The first-order valence-electron chi connectivity index (χ1n) is 6.68. The summed E-state index contributed by atoms with van der Waals surface area (Å²) < 4.78 is 31.7. The first kappa shape index (κ1) is 16.7. The fourth-order valence-electron chi connectivity index (χ4n) is 1.97. The van der Waals surface area contributed by atoms with Gasteiger partial charge in [0.25, 0.3) is 0 Å². The number of carbonyl (C=O) groups is 1. The van der Waals surface area contributed by atoms with Crippen LogP contribution in [0.4, 0.5) is 0 Å². The monoisotopic (exact) mass is 334 g/mol. The molecule has 0 atom stereocenters. The lowest BCUT2D eigenvalue weighted by atomic mass is 10.2. The van der Waals surface area contributed by atoms with Crippen LogP contribution in [0.3, 0.4) is 0 Å². The Hall–Kier alpha value is -2.63. The van der Waals surface area contributed by atoms with Crippen molar-refractivity contribution in [1.82, 2.24) is 4.31 Å². The molecule has 1 aromatic carbocycles. The van der Waals surface area contributed by atoms with Gasteiger partial charge in [-0.15, -0.1) is 0 Å². The molecule has 1 aromatic heterocycles. The standard InChI is InChI=1S/C15H14N2O5S/c16-7-3-8-17(11-13-5-2-9-22-13)23(20,21)14-6-1-4-12(10-14)15(18)19/h1-2,4-6,9-10H,3,8,11H2,(H,18,19). The highest BCUT2D eigenvalue weighted by Gasteiger charge is 2.26. The van der Waals surface area contributed by atoms with Gasteiger partial charge in [-0.25, -0.2) is 13.2 Å². The summed E-state index contributed by atoms with van der Waals surface area (Å²) in [6.45, 7) is -0.0505. The Morgan fingerprint density at radius 1 is 1.30 bits per heavy atom. The van der Waals surface area contributed by atoms with Crippen LogP contribution in [0.2, 0.25) is 0 Å². The first-order chi connectivity index (χ1) is 10.9. The maximum Gasteiger partial charge on any atom is 0.335 e. The number of nitriles is 1. The predicted molar refractivity (Wildman–Crippen MR) is 79.9 cm³/mol. The van der Waals surface area contributed by atoms with Crippen LogP contribution in [0.1, 0.15) is 22.5 Å². The number of benzene rings is 1. The molecule has 0 aliphatic carbocycles. The Bertz CT molecular complexity index is 822. The highest BCUT2D eigenvalue weighted by molar-refractivity contribution is 7.89. The Balaban J connectivity index is 2.37. The van der Waals surface area contributed by atoms with Gasteiger partial charge >= 0.3 is 5.97 Å². The summed E-state index contributed by atoms with van der Waals surface area (Å²) in [5, 5.41) is 17.7. The van der Waals surface area contributed by atoms with Crippen LogP contribution >= 0.6 is 0 Å². The van der Waals surface area contributed by atoms with Crippen molar-refractivity contribution in [2.24, 2.45) is 0 Å². The van der Waals surface area contributed by atoms with Crippen LogP contribution in [0.5, 0.6) is 0 Å². The molecule has 120 valence electrons. The summed E-state index contributed by atoms with van der Waals surface area (Å²) in [6.07, 6.45) is 1.44. The van der Waals surface area contributed by atoms with Gasteiger partial charge in [0.05, 0.1) is 29.3 Å². The number of aromatic carboxylic acids is 1. The van der Waals surface area contributed by atoms with Crippen molar-refractivity contribution in [3.05, 3.63) is 54.0 Å². The highest BCUT2D eigenvalue weighted by atomic mass is 32.2. The van der Waals surface area contributed by atoms with Crippen LogP contribution in [-0.2, 0) is 16.6 Å². The zero-order valence-corrected chi connectivity index (χ0v) is 12.9. The highest BCUT2D eigenvalue weighted by Crippen LogP contribution is 2.20. The fourth-order valence-corrected chi connectivity index (χ4v) is 3.43. The normalized spacial score (nSPS) is 11.3. The number of rotatable bonds is 7. The maximum absolute atomic E-state index is 12.7. The minimum atomic E-state index is -3.95. The third-order valence-corrected chi connectivity index (χ3v) is 4.95. The average Bonchev–Trinajstić information content (AvgIpc) is 3.04. The molecule has 0 fully saturated rings. The van der Waals surface area contributed by atoms with Gasteiger partial charge in [0, 0.05) is 13.0 Å². The first-order valence-corrected chi connectivity index (χ1v) is 8.12. The Morgan fingerprint density at radius 2 is 2.09 bits per heavy atom. The lowest BCUT2D eigenvalue weighted by Gasteiger charge is -2.20. The van der Waals surface area contributed by atoms with Crippen LogP contribution < -0.4 is 0 Å². The number of hydrogen-bond donors (Lipinski definition) is 1. The molecular formula is C15H14N2O5S. The van der Waals surface area contributed by atoms with E-state index in [0.29, 0.717) is 5.76 Å². The molecule has 0 aliphatic heterocycles. The minimum absolute atomic E-state index is 0.0125. The molecule has 0 bridgehead atoms. The molecule has 2 aromatic rings. The van der Waals surface area contributed by atoms with E-state index in [9.17, 15) is 13.2 Å². The molecule has 0 saturated carbocycles. The zero-order chi connectivity index (χ0) is 16.9. The van der Waals surface area contributed by atoms with Crippen molar-refractivity contribution in [2.75, 3.05) is 6.54 Å². The number of hydrogen-bond acceptors (Lipinski definition) is 5. The summed E-state index contributed by atoms with van der Waals surface area (Å²) in [5.41, 5.74) is -0.121. The van der Waals surface area contributed by atoms with E-state index in [1.807, 2.05) is 6.07 Å². The van der Waals surface area contributed by atoms with E-state index in [1.54, 1.807) is 12.1 Å². The SMILES string of the molecule is N#CCCN(Cc1ccco1)S(=O)(=O)c1cccc(C(=O)O)c1. The predicted octanol–water partition coefficient (Wildman–Crippen LogP) is 2.08. The van der Waals surface area contributed by atoms with Gasteiger partial charge in [0.2, 0.25) is 10.0 Å². The quantitative estimate of drug-likeness (QED) is 0.829. The van der Waals surface area contributed by atoms with Crippen LogP contribution in [0.25, 0.3) is 0 Å². The van der Waals surface area contributed by atoms with E-state index in [0.717, 1.165) is 10.4 Å². The van der Waals surface area contributed by atoms with Gasteiger partial charge in [-0.1, -0.05) is 6.07 Å². The second-order valence-electron chi connectivity index (χ2n) is 4.66. The van der Waals surface area contributed by atoms with Gasteiger partial charge in [0.15, 0.2) is 0 Å². The molecule has 0 spiro atoms. The van der Waals surface area contributed by atoms with Gasteiger partial charge < -0.3 is 9.52 Å². The topological polar surface area (TPSA) is 112 Å². The zero-order valence-electron chi connectivity index (χ0n) is 12.0. The van der Waals surface area contributed by atoms with E-state index in [2.05, 4.69) is 0 Å². The fraction of sp³-hybridized carbons (Fsp3) is 0.200. The van der Waals surface area contributed by atoms with Crippen LogP contribution in [0.15, 0.2) is 52.0 Å². The molecule has 1 heterocycles. The molecule has 0 amide bonds. The molecule has 0 unspecified atom stereocenters. The second kappa shape index (κ2) is 7.09. The summed E-state index contributed by atoms with van der Waals surface area (Å²) in [5.74, 6) is -0.780. The Labute approximate surface area is 133 Å². The largest absolute Gasteiger partial charge is 0.478 e. The number of nitrogens with zero attached hydrogens (tertiary/aromatic N) is 2. The van der Waals surface area contributed by atoms with Gasteiger partial charge in [-0.05, 0) is 30.3 Å². The molecule has 8 heteroatoms. The second-order valence-corrected chi connectivity index (χ2v) is 6.60. The molecule has 0 aliphatic rings. The number of carboxylic acids is 1. The van der Waals surface area contributed by atoms with Crippen molar-refractivity contribution in [1.29, 1.82) is 5.26 Å². The van der Waals surface area contributed by atoms with Crippen molar-refractivity contribution in [3.63, 3.8) is 0 Å². The molecule has 0 radical (unpaired) electrons. The lowest BCUT2D eigenvalue weighted by molar-refractivity contribution is 0.0696. The van der Waals surface area contributed by atoms with Crippen molar-refractivity contribution >= 4 is 16.0 Å². The van der Waals surface area contributed by atoms with E-state index in [-0.39, 0.29) is 30.0 Å². The summed E-state index contributed by atoms with van der Waals surface area (Å²) >= 11 is 0. The average molecular weight is 334 g/mol. The molecule has 2 rings (SSSR count).